The fourth-order valence-corrected chi connectivity index (χ4v) is 4.39. The monoisotopic (exact) mass is 464 g/mol. The molecule has 2 aromatic carbocycles. The third kappa shape index (κ3) is 4.12. The molecule has 2 N–H and O–H groups in total. The van der Waals surface area contributed by atoms with Crippen LogP contribution in [0.3, 0.4) is 0 Å². The second kappa shape index (κ2) is 9.61. The maximum atomic E-state index is 13.6. The van der Waals surface area contributed by atoms with Crippen molar-refractivity contribution in [2.45, 2.75) is 19.9 Å². The van der Waals surface area contributed by atoms with Gasteiger partial charge in [0.1, 0.15) is 5.75 Å². The third-order valence-corrected chi connectivity index (χ3v) is 6.24. The Balaban J connectivity index is 1.77. The molecule has 178 valence electrons. The fraction of sp³-hybridized carbons (Fsp3) is 0.308. The molecular weight excluding hydrogens is 436 g/mol. The standard InChI is InChI=1S/C26H28N2O6/c1-4-27(5-2)12-13-28-22(16-8-6-10-18(29)14-16)21(24(31)26(28)32)23(30)20-15-17-9-7-11-19(33-3)25(17)34-20/h6-11,14-15,22,29,31H,4-5,12-13H2,1-3H3. The average molecular weight is 465 g/mol. The molecule has 8 heteroatoms. The number of aliphatic hydroxyl groups excluding tert-OH is 1. The smallest absolute Gasteiger partial charge is 0.290 e. The summed E-state index contributed by atoms with van der Waals surface area (Å²) in [5, 5.41) is 21.6. The van der Waals surface area contributed by atoms with Gasteiger partial charge in [0.15, 0.2) is 22.9 Å². The van der Waals surface area contributed by atoms with Crippen LogP contribution >= 0.6 is 0 Å². The molecule has 1 amide bonds. The van der Waals surface area contributed by atoms with E-state index >= 15 is 0 Å². The van der Waals surface area contributed by atoms with Gasteiger partial charge in [-0.3, -0.25) is 9.59 Å². The van der Waals surface area contributed by atoms with E-state index in [1.165, 1.54) is 24.1 Å². The molecular formula is C26H28N2O6. The predicted octanol–water partition coefficient (Wildman–Crippen LogP) is 4.07. The van der Waals surface area contributed by atoms with Crippen molar-refractivity contribution in [2.75, 3.05) is 33.3 Å². The highest BCUT2D eigenvalue weighted by Crippen LogP contribution is 2.40. The lowest BCUT2D eigenvalue weighted by Gasteiger charge is -2.29. The van der Waals surface area contributed by atoms with E-state index in [2.05, 4.69) is 4.90 Å². The summed E-state index contributed by atoms with van der Waals surface area (Å²) in [7, 11) is 1.51. The van der Waals surface area contributed by atoms with Gasteiger partial charge in [0.25, 0.3) is 5.91 Å². The van der Waals surface area contributed by atoms with Crippen LogP contribution in [0.25, 0.3) is 11.0 Å². The summed E-state index contributed by atoms with van der Waals surface area (Å²) < 4.78 is 11.1. The quantitative estimate of drug-likeness (QED) is 0.460. The highest BCUT2D eigenvalue weighted by atomic mass is 16.5. The molecule has 2 heterocycles. The van der Waals surface area contributed by atoms with Gasteiger partial charge in [-0.25, -0.2) is 0 Å². The van der Waals surface area contributed by atoms with E-state index in [-0.39, 0.29) is 17.1 Å². The average Bonchev–Trinajstić information content (AvgIpc) is 3.39. The Hall–Kier alpha value is -3.78. The van der Waals surface area contributed by atoms with Crippen molar-refractivity contribution in [3.63, 3.8) is 0 Å². The zero-order chi connectivity index (χ0) is 24.4. The van der Waals surface area contributed by atoms with Gasteiger partial charge in [-0.1, -0.05) is 38.1 Å². The normalized spacial score (nSPS) is 16.2. The Bertz CT molecular complexity index is 1260. The third-order valence-electron chi connectivity index (χ3n) is 6.24. The minimum atomic E-state index is -0.863. The number of furan rings is 1. The number of nitrogens with zero attached hydrogens (tertiary/aromatic N) is 2. The van der Waals surface area contributed by atoms with E-state index < -0.39 is 23.5 Å². The first-order valence-electron chi connectivity index (χ1n) is 11.3. The van der Waals surface area contributed by atoms with Crippen molar-refractivity contribution in [3.05, 3.63) is 71.2 Å². The van der Waals surface area contributed by atoms with Crippen LogP contribution in [0.2, 0.25) is 0 Å². The van der Waals surface area contributed by atoms with E-state index in [4.69, 9.17) is 9.15 Å². The number of likely N-dealkylation sites (N-methyl/N-ethyl adjacent to an activating group) is 1. The summed E-state index contributed by atoms with van der Waals surface area (Å²) in [6, 6.07) is 12.4. The number of hydrogen-bond donors (Lipinski definition) is 2. The predicted molar refractivity (Wildman–Crippen MR) is 127 cm³/mol. The fourth-order valence-electron chi connectivity index (χ4n) is 4.39. The van der Waals surface area contributed by atoms with Gasteiger partial charge in [-0.2, -0.15) is 0 Å². The van der Waals surface area contributed by atoms with Crippen LogP contribution in [0.1, 0.15) is 36.0 Å². The maximum Gasteiger partial charge on any atom is 0.290 e. The summed E-state index contributed by atoms with van der Waals surface area (Å²) in [6.07, 6.45) is 0. The van der Waals surface area contributed by atoms with E-state index in [0.717, 1.165) is 13.1 Å². The Kier molecular flexibility index (Phi) is 6.61. The lowest BCUT2D eigenvalue weighted by atomic mass is 9.95. The number of carbonyl (C=O) groups excluding carboxylic acids is 2. The molecule has 1 atom stereocenters. The van der Waals surface area contributed by atoms with E-state index in [9.17, 15) is 19.8 Å². The number of aromatic hydroxyl groups is 1. The summed E-state index contributed by atoms with van der Waals surface area (Å²) in [4.78, 5) is 30.4. The van der Waals surface area contributed by atoms with Crippen LogP contribution in [0.4, 0.5) is 0 Å². The van der Waals surface area contributed by atoms with Gasteiger partial charge in [-0.15, -0.1) is 0 Å². The van der Waals surface area contributed by atoms with Gasteiger partial charge in [0.05, 0.1) is 18.7 Å². The number of ether oxygens (including phenoxy) is 1. The molecule has 0 bridgehead atoms. The number of phenols is 1. The molecule has 1 aliphatic heterocycles. The number of amides is 1. The molecule has 3 aromatic rings. The first-order valence-corrected chi connectivity index (χ1v) is 11.3. The molecule has 0 radical (unpaired) electrons. The second-order valence-corrected chi connectivity index (χ2v) is 8.10. The molecule has 8 nitrogen and oxygen atoms in total. The molecule has 0 fully saturated rings. The number of benzene rings is 2. The first-order chi connectivity index (χ1) is 16.4. The molecule has 1 aliphatic rings. The Labute approximate surface area is 197 Å². The second-order valence-electron chi connectivity index (χ2n) is 8.10. The number of methoxy groups -OCH3 is 1. The minimum absolute atomic E-state index is 0.000282. The summed E-state index contributed by atoms with van der Waals surface area (Å²) in [6.45, 7) is 6.55. The molecule has 0 saturated carbocycles. The molecule has 0 saturated heterocycles. The lowest BCUT2D eigenvalue weighted by molar-refractivity contribution is -0.129. The number of fused-ring (bicyclic) bond motifs is 1. The van der Waals surface area contributed by atoms with Gasteiger partial charge < -0.3 is 29.2 Å². The van der Waals surface area contributed by atoms with Gasteiger partial charge in [0, 0.05) is 18.5 Å². The number of carbonyl (C=O) groups is 2. The molecule has 1 unspecified atom stereocenters. The largest absolute Gasteiger partial charge is 0.508 e. The van der Waals surface area contributed by atoms with Gasteiger partial charge in [-0.05, 0) is 42.9 Å². The summed E-state index contributed by atoms with van der Waals surface area (Å²) in [5.41, 5.74) is 0.854. The van der Waals surface area contributed by atoms with Crippen LogP contribution in [0, 0.1) is 0 Å². The first kappa shape index (κ1) is 23.4. The zero-order valence-electron chi connectivity index (χ0n) is 19.4. The number of ketones is 1. The van der Waals surface area contributed by atoms with Crippen molar-refractivity contribution < 1.29 is 29.0 Å². The van der Waals surface area contributed by atoms with E-state index in [1.54, 1.807) is 36.4 Å². The number of hydrogen-bond acceptors (Lipinski definition) is 7. The number of Topliss-reactive ketones (excluding diaryl/α,β-unsaturated/α-hetero) is 1. The zero-order valence-corrected chi connectivity index (χ0v) is 19.4. The number of rotatable bonds is 9. The molecule has 4 rings (SSSR count). The van der Waals surface area contributed by atoms with Gasteiger partial charge in [0.2, 0.25) is 5.78 Å². The van der Waals surface area contributed by atoms with Crippen LogP contribution < -0.4 is 4.74 Å². The highest BCUT2D eigenvalue weighted by Gasteiger charge is 2.44. The van der Waals surface area contributed by atoms with Crippen LogP contribution in [-0.2, 0) is 4.79 Å². The lowest BCUT2D eigenvalue weighted by Crippen LogP contribution is -2.38. The number of para-hydroxylation sites is 1. The van der Waals surface area contributed by atoms with Gasteiger partial charge >= 0.3 is 0 Å². The Morgan fingerprint density at radius 3 is 2.53 bits per heavy atom. The summed E-state index contributed by atoms with van der Waals surface area (Å²) >= 11 is 0. The van der Waals surface area contributed by atoms with Crippen molar-refractivity contribution in [1.29, 1.82) is 0 Å². The van der Waals surface area contributed by atoms with E-state index in [1.807, 2.05) is 13.8 Å². The van der Waals surface area contributed by atoms with Crippen molar-refractivity contribution in [2.24, 2.45) is 0 Å². The Morgan fingerprint density at radius 2 is 1.85 bits per heavy atom. The van der Waals surface area contributed by atoms with Crippen LogP contribution in [0.5, 0.6) is 11.5 Å². The molecule has 0 aliphatic carbocycles. The molecule has 1 aromatic heterocycles. The summed E-state index contributed by atoms with van der Waals surface area (Å²) in [5.74, 6) is -1.36. The van der Waals surface area contributed by atoms with Crippen LogP contribution in [0.15, 0.2) is 64.3 Å². The van der Waals surface area contributed by atoms with Crippen molar-refractivity contribution in [3.8, 4) is 11.5 Å². The molecule has 0 spiro atoms. The maximum absolute atomic E-state index is 13.6. The topological polar surface area (TPSA) is 103 Å². The van der Waals surface area contributed by atoms with Crippen LogP contribution in [-0.4, -0.2) is 65.0 Å². The molecule has 34 heavy (non-hydrogen) atoms. The SMILES string of the molecule is CCN(CC)CCN1C(=O)C(O)=C(C(=O)c2cc3cccc(OC)c3o2)C1c1cccc(O)c1. The highest BCUT2D eigenvalue weighted by molar-refractivity contribution is 6.16. The number of aliphatic hydroxyl groups is 1. The van der Waals surface area contributed by atoms with Crippen molar-refractivity contribution in [1.82, 2.24) is 9.80 Å². The van der Waals surface area contributed by atoms with E-state index in [0.29, 0.717) is 35.4 Å². The van der Waals surface area contributed by atoms with Crippen molar-refractivity contribution >= 4 is 22.7 Å². The number of phenolic OH excluding ortho intramolecular Hbond substituents is 1. The minimum Gasteiger partial charge on any atom is -0.508 e. The Morgan fingerprint density at radius 1 is 1.12 bits per heavy atom.